The molecule has 2 amide bonds. The van der Waals surface area contributed by atoms with Crippen LogP contribution in [-0.2, 0) is 9.53 Å². The first-order chi connectivity index (χ1) is 14.3. The van der Waals surface area contributed by atoms with Crippen LogP contribution in [0.1, 0.15) is 23.1 Å². The van der Waals surface area contributed by atoms with Gasteiger partial charge < -0.3 is 19.9 Å². The predicted octanol–water partition coefficient (Wildman–Crippen LogP) is 4.29. The van der Waals surface area contributed by atoms with Crippen molar-refractivity contribution in [1.29, 1.82) is 0 Å². The lowest BCUT2D eigenvalue weighted by Gasteiger charge is -2.29. The maximum Gasteiger partial charge on any atom is 0.275 e. The minimum absolute atomic E-state index is 0.158. The third-order valence-corrected chi connectivity index (χ3v) is 6.51. The van der Waals surface area contributed by atoms with Crippen LogP contribution in [0.2, 0.25) is 10.0 Å². The van der Waals surface area contributed by atoms with Crippen LogP contribution < -0.4 is 15.5 Å². The van der Waals surface area contributed by atoms with E-state index in [9.17, 15) is 9.59 Å². The van der Waals surface area contributed by atoms with Gasteiger partial charge in [-0.05, 0) is 19.1 Å². The highest BCUT2D eigenvalue weighted by molar-refractivity contribution is 7.22. The van der Waals surface area contributed by atoms with E-state index in [1.54, 1.807) is 6.92 Å². The second-order valence-corrected chi connectivity index (χ2v) is 8.64. The number of fused-ring (bicyclic) bond motifs is 1. The van der Waals surface area contributed by atoms with E-state index in [-0.39, 0.29) is 16.6 Å². The number of carbonyl (C=O) groups excluding carboxylic acids is 2. The van der Waals surface area contributed by atoms with E-state index >= 15 is 0 Å². The molecular weight excluding hydrogens is 449 g/mol. The van der Waals surface area contributed by atoms with Crippen molar-refractivity contribution >= 4 is 73.1 Å². The first-order valence-electron chi connectivity index (χ1n) is 9.23. The molecule has 158 valence electrons. The molecule has 1 saturated heterocycles. The Morgan fingerprint density at radius 1 is 1.20 bits per heavy atom. The minimum Gasteiger partial charge on any atom is -0.378 e. The zero-order chi connectivity index (χ0) is 21.4. The summed E-state index contributed by atoms with van der Waals surface area (Å²) in [6.45, 7) is 5.86. The van der Waals surface area contributed by atoms with Crippen molar-refractivity contribution in [2.24, 2.45) is 0 Å². The van der Waals surface area contributed by atoms with E-state index in [4.69, 9.17) is 27.9 Å². The lowest BCUT2D eigenvalue weighted by atomic mass is 10.2. The Bertz CT molecular complexity index is 1140. The molecule has 11 heteroatoms. The van der Waals surface area contributed by atoms with Crippen molar-refractivity contribution in [2.45, 2.75) is 13.8 Å². The summed E-state index contributed by atoms with van der Waals surface area (Å²) in [6.07, 6.45) is 0. The lowest BCUT2D eigenvalue weighted by molar-refractivity contribution is -0.114. The van der Waals surface area contributed by atoms with Crippen LogP contribution >= 0.6 is 34.5 Å². The van der Waals surface area contributed by atoms with Crippen molar-refractivity contribution < 1.29 is 14.3 Å². The fourth-order valence-corrected chi connectivity index (χ4v) is 4.61. The molecule has 3 heterocycles. The average molecular weight is 468 g/mol. The van der Waals surface area contributed by atoms with Gasteiger partial charge in [-0.2, -0.15) is 0 Å². The Morgan fingerprint density at radius 2 is 1.93 bits per heavy atom. The molecule has 3 aromatic rings. The molecule has 3 N–H and O–H groups in total. The third kappa shape index (κ3) is 4.11. The Balaban J connectivity index is 1.70. The fraction of sp³-hybridized carbons (Fsp3) is 0.316. The summed E-state index contributed by atoms with van der Waals surface area (Å²) >= 11 is 13.5. The lowest BCUT2D eigenvalue weighted by Crippen LogP contribution is -2.36. The van der Waals surface area contributed by atoms with Crippen LogP contribution in [-0.4, -0.2) is 48.1 Å². The molecule has 0 saturated carbocycles. The summed E-state index contributed by atoms with van der Waals surface area (Å²) in [7, 11) is 0. The number of thiazole rings is 1. The van der Waals surface area contributed by atoms with Gasteiger partial charge in [-0.1, -0.05) is 34.5 Å². The van der Waals surface area contributed by atoms with Crippen LogP contribution in [0.15, 0.2) is 12.1 Å². The highest BCUT2D eigenvalue weighted by atomic mass is 35.5. The molecule has 30 heavy (non-hydrogen) atoms. The summed E-state index contributed by atoms with van der Waals surface area (Å²) in [5, 5.41) is 6.53. The van der Waals surface area contributed by atoms with Crippen molar-refractivity contribution in [1.82, 2.24) is 9.97 Å². The number of rotatable bonds is 4. The average Bonchev–Trinajstić information content (AvgIpc) is 3.23. The van der Waals surface area contributed by atoms with E-state index in [0.717, 1.165) is 15.9 Å². The smallest absolute Gasteiger partial charge is 0.275 e. The Labute approximate surface area is 186 Å². The number of H-pyrrole nitrogens is 1. The molecule has 4 rings (SSSR count). The molecule has 1 aliphatic rings. The number of aryl methyl sites for hydroxylation is 1. The minimum atomic E-state index is -0.427. The maximum atomic E-state index is 12.7. The molecule has 0 aliphatic carbocycles. The second-order valence-electron chi connectivity index (χ2n) is 6.85. The number of nitrogens with one attached hydrogen (secondary N) is 3. The summed E-state index contributed by atoms with van der Waals surface area (Å²) in [6, 6.07) is 3.74. The molecule has 0 spiro atoms. The largest absolute Gasteiger partial charge is 0.378 e. The first kappa shape index (κ1) is 20.9. The second kappa shape index (κ2) is 8.43. The molecule has 0 bridgehead atoms. The fourth-order valence-electron chi connectivity index (χ4n) is 3.27. The van der Waals surface area contributed by atoms with Gasteiger partial charge in [-0.3, -0.25) is 14.9 Å². The van der Waals surface area contributed by atoms with Crippen LogP contribution in [0.4, 0.5) is 16.5 Å². The monoisotopic (exact) mass is 467 g/mol. The number of hydrogen-bond donors (Lipinski definition) is 3. The van der Waals surface area contributed by atoms with Gasteiger partial charge in [0.2, 0.25) is 5.91 Å². The molecule has 0 atom stereocenters. The van der Waals surface area contributed by atoms with Crippen LogP contribution in [0.25, 0.3) is 10.2 Å². The molecule has 1 aromatic carbocycles. The standard InChI is InChI=1S/C19H19Cl2N5O3S/c1-9-14(20)15(21)17(22-9)18(28)25-19-24-16-12(26-3-5-29-6-4-26)7-11(23-10(2)27)8-13(16)30-19/h7-8,22H,3-6H2,1-2H3,(H,23,27)(H,24,25,28). The third-order valence-electron chi connectivity index (χ3n) is 4.65. The molecule has 8 nitrogen and oxygen atoms in total. The normalized spacial score (nSPS) is 14.2. The summed E-state index contributed by atoms with van der Waals surface area (Å²) in [4.78, 5) is 33.9. The van der Waals surface area contributed by atoms with Crippen LogP contribution in [0.5, 0.6) is 0 Å². The summed E-state index contributed by atoms with van der Waals surface area (Å²) < 4.78 is 6.28. The molecule has 2 aromatic heterocycles. The van der Waals surface area contributed by atoms with Crippen molar-refractivity contribution in [2.75, 3.05) is 41.8 Å². The molecule has 1 fully saturated rings. The molecule has 1 aliphatic heterocycles. The Hall–Kier alpha value is -2.33. The number of halogens is 2. The number of ether oxygens (including phenoxy) is 1. The van der Waals surface area contributed by atoms with Gasteiger partial charge in [-0.25, -0.2) is 4.98 Å². The van der Waals surface area contributed by atoms with Gasteiger partial charge in [0.1, 0.15) is 11.2 Å². The maximum absolute atomic E-state index is 12.7. The van der Waals surface area contributed by atoms with Crippen LogP contribution in [0.3, 0.4) is 0 Å². The number of amides is 2. The molecule has 0 radical (unpaired) electrons. The predicted molar refractivity (Wildman–Crippen MR) is 120 cm³/mol. The van der Waals surface area contributed by atoms with Gasteiger partial charge in [0.15, 0.2) is 5.13 Å². The summed E-state index contributed by atoms with van der Waals surface area (Å²) in [5.74, 6) is -0.585. The van der Waals surface area contributed by atoms with Crippen molar-refractivity contribution in [3.8, 4) is 0 Å². The number of aromatic nitrogens is 2. The highest BCUT2D eigenvalue weighted by Gasteiger charge is 2.22. The van der Waals surface area contributed by atoms with Gasteiger partial charge >= 0.3 is 0 Å². The van der Waals surface area contributed by atoms with E-state index in [1.807, 2.05) is 12.1 Å². The number of nitrogens with zero attached hydrogens (tertiary/aromatic N) is 2. The highest BCUT2D eigenvalue weighted by Crippen LogP contribution is 2.37. The van der Waals surface area contributed by atoms with E-state index < -0.39 is 5.91 Å². The first-order valence-corrected chi connectivity index (χ1v) is 10.8. The van der Waals surface area contributed by atoms with Gasteiger partial charge in [-0.15, -0.1) is 0 Å². The number of anilines is 3. The Kier molecular flexibility index (Phi) is 5.88. The number of morpholine rings is 1. The number of carbonyl (C=O) groups is 2. The number of aromatic amines is 1. The van der Waals surface area contributed by atoms with E-state index in [1.165, 1.54) is 18.3 Å². The SMILES string of the molecule is CC(=O)Nc1cc(N2CCOCC2)c2nc(NC(=O)c3[nH]c(C)c(Cl)c3Cl)sc2c1. The van der Waals surface area contributed by atoms with E-state index in [0.29, 0.717) is 47.8 Å². The topological polar surface area (TPSA) is 99.3 Å². The number of benzene rings is 1. The number of hydrogen-bond acceptors (Lipinski definition) is 6. The zero-order valence-electron chi connectivity index (χ0n) is 16.3. The summed E-state index contributed by atoms with van der Waals surface area (Å²) in [5.41, 5.74) is 3.11. The van der Waals surface area contributed by atoms with Crippen molar-refractivity contribution in [3.05, 3.63) is 33.6 Å². The Morgan fingerprint density at radius 3 is 2.57 bits per heavy atom. The molecule has 0 unspecified atom stereocenters. The van der Waals surface area contributed by atoms with E-state index in [2.05, 4.69) is 25.5 Å². The molecular formula is C19H19Cl2N5O3S. The van der Waals surface area contributed by atoms with Crippen LogP contribution in [0, 0.1) is 6.92 Å². The van der Waals surface area contributed by atoms with Gasteiger partial charge in [0.05, 0.1) is 33.6 Å². The van der Waals surface area contributed by atoms with Gasteiger partial charge in [0.25, 0.3) is 5.91 Å². The van der Waals surface area contributed by atoms with Crippen molar-refractivity contribution in [3.63, 3.8) is 0 Å². The van der Waals surface area contributed by atoms with Gasteiger partial charge in [0, 0.05) is 31.4 Å². The quantitative estimate of drug-likeness (QED) is 0.531. The zero-order valence-corrected chi connectivity index (χ0v) is 18.6.